The molecular weight excluding hydrogens is 394 g/mol. The van der Waals surface area contributed by atoms with Gasteiger partial charge in [-0.3, -0.25) is 0 Å². The number of pyridine rings is 1. The van der Waals surface area contributed by atoms with E-state index in [1.54, 1.807) is 13.4 Å². The maximum atomic E-state index is 5.65. The Labute approximate surface area is 160 Å². The van der Waals surface area contributed by atoms with Crippen LogP contribution in [-0.4, -0.2) is 39.1 Å². The summed E-state index contributed by atoms with van der Waals surface area (Å²) in [6.07, 6.45) is 9.66. The molecule has 7 heteroatoms. The van der Waals surface area contributed by atoms with Gasteiger partial charge in [0.2, 0.25) is 0 Å². The molecule has 2 atom stereocenters. The molecule has 0 bridgehead atoms. The van der Waals surface area contributed by atoms with Crippen LogP contribution in [0.2, 0.25) is 0 Å². The lowest BCUT2D eigenvalue weighted by atomic mass is 10.1. The molecule has 6 nitrogen and oxygen atoms in total. The van der Waals surface area contributed by atoms with Gasteiger partial charge in [0, 0.05) is 38.5 Å². The zero-order valence-corrected chi connectivity index (χ0v) is 16.1. The smallest absolute Gasteiger partial charge is 0.137 e. The van der Waals surface area contributed by atoms with Gasteiger partial charge >= 0.3 is 0 Å². The van der Waals surface area contributed by atoms with E-state index in [4.69, 9.17) is 9.72 Å². The lowest BCUT2D eigenvalue weighted by Gasteiger charge is -2.23. The highest BCUT2D eigenvalue weighted by atomic mass is 79.9. The fourth-order valence-electron chi connectivity index (χ4n) is 3.83. The Balaban J connectivity index is 1.52. The van der Waals surface area contributed by atoms with Crippen molar-refractivity contribution in [2.45, 2.75) is 37.3 Å². The number of imidazole rings is 1. The Kier molecular flexibility index (Phi) is 3.94. The maximum absolute atomic E-state index is 5.65. The third-order valence-electron chi connectivity index (χ3n) is 5.39. The molecule has 1 saturated heterocycles. The van der Waals surface area contributed by atoms with Gasteiger partial charge in [0.1, 0.15) is 22.4 Å². The number of rotatable bonds is 4. The monoisotopic (exact) mass is 413 g/mol. The number of halogens is 1. The molecule has 3 aromatic rings. The molecular formula is C19H20BrN5O. The summed E-state index contributed by atoms with van der Waals surface area (Å²) < 4.78 is 8.59. The molecule has 1 aliphatic heterocycles. The molecule has 26 heavy (non-hydrogen) atoms. The zero-order valence-electron chi connectivity index (χ0n) is 14.5. The van der Waals surface area contributed by atoms with Crippen LogP contribution in [0.15, 0.2) is 41.5 Å². The topological polar surface area (TPSA) is 55.6 Å². The number of hydrogen-bond donors (Lipinski definition) is 0. The molecule has 0 amide bonds. The van der Waals surface area contributed by atoms with Gasteiger partial charge in [-0.15, -0.1) is 0 Å². The van der Waals surface area contributed by atoms with Gasteiger partial charge in [-0.05, 0) is 46.3 Å². The standard InChI is InChI=1S/C19H20BrN5O/c1-26-14-6-16(25(9-14)19-7-17(20)21-11-22-19)15-10-24-8-13(12-2-3-12)4-5-18(24)23-15/h4-5,7-8,10-12,14,16H,2-3,6,9H2,1H3/t14-,16+/m0/s1. The average Bonchev–Trinajstić information content (AvgIpc) is 3.27. The van der Waals surface area contributed by atoms with E-state index < -0.39 is 0 Å². The number of anilines is 1. The van der Waals surface area contributed by atoms with E-state index in [0.29, 0.717) is 0 Å². The van der Waals surface area contributed by atoms with Crippen LogP contribution >= 0.6 is 15.9 Å². The summed E-state index contributed by atoms with van der Waals surface area (Å²) in [5, 5.41) is 0. The minimum absolute atomic E-state index is 0.144. The number of aromatic nitrogens is 4. The minimum atomic E-state index is 0.144. The first kappa shape index (κ1) is 16.2. The van der Waals surface area contributed by atoms with Crippen LogP contribution in [0.5, 0.6) is 0 Å². The van der Waals surface area contributed by atoms with Crippen LogP contribution in [0.4, 0.5) is 5.82 Å². The molecule has 0 N–H and O–H groups in total. The zero-order chi connectivity index (χ0) is 17.7. The normalized spacial score (nSPS) is 23.1. The van der Waals surface area contributed by atoms with E-state index >= 15 is 0 Å². The summed E-state index contributed by atoms with van der Waals surface area (Å²) >= 11 is 3.44. The lowest BCUT2D eigenvalue weighted by molar-refractivity contribution is 0.118. The van der Waals surface area contributed by atoms with Crippen LogP contribution in [-0.2, 0) is 4.74 Å². The van der Waals surface area contributed by atoms with Crippen molar-refractivity contribution >= 4 is 27.4 Å². The molecule has 3 aromatic heterocycles. The van der Waals surface area contributed by atoms with Gasteiger partial charge in [0.15, 0.2) is 0 Å². The van der Waals surface area contributed by atoms with E-state index in [9.17, 15) is 0 Å². The Bertz CT molecular complexity index is 954. The maximum Gasteiger partial charge on any atom is 0.137 e. The fourth-order valence-corrected chi connectivity index (χ4v) is 4.13. The third-order valence-corrected chi connectivity index (χ3v) is 5.83. The van der Waals surface area contributed by atoms with E-state index in [1.807, 2.05) is 6.07 Å². The molecule has 1 saturated carbocycles. The Hall–Kier alpha value is -1.99. The Morgan fingerprint density at radius 2 is 2.08 bits per heavy atom. The Morgan fingerprint density at radius 1 is 1.19 bits per heavy atom. The molecule has 2 aliphatic rings. The summed E-state index contributed by atoms with van der Waals surface area (Å²) in [6, 6.07) is 6.44. The quantitative estimate of drug-likeness (QED) is 0.609. The highest BCUT2D eigenvalue weighted by molar-refractivity contribution is 9.10. The van der Waals surface area contributed by atoms with Crippen LogP contribution in [0.25, 0.3) is 5.65 Å². The summed E-state index contributed by atoms with van der Waals surface area (Å²) in [5.74, 6) is 1.64. The van der Waals surface area contributed by atoms with Crippen LogP contribution < -0.4 is 4.90 Å². The van der Waals surface area contributed by atoms with Gasteiger partial charge in [-0.2, -0.15) is 0 Å². The first-order valence-corrected chi connectivity index (χ1v) is 9.76. The van der Waals surface area contributed by atoms with Gasteiger partial charge in [-0.1, -0.05) is 6.07 Å². The average molecular weight is 414 g/mol. The van der Waals surface area contributed by atoms with E-state index in [0.717, 1.165) is 40.6 Å². The van der Waals surface area contributed by atoms with Crippen LogP contribution in [0.3, 0.4) is 0 Å². The van der Waals surface area contributed by atoms with Crippen molar-refractivity contribution in [2.75, 3.05) is 18.6 Å². The Morgan fingerprint density at radius 3 is 2.85 bits per heavy atom. The highest BCUT2D eigenvalue weighted by Gasteiger charge is 2.36. The second-order valence-corrected chi connectivity index (χ2v) is 7.94. The molecule has 4 heterocycles. The second kappa shape index (κ2) is 6.32. The molecule has 0 spiro atoms. The summed E-state index contributed by atoms with van der Waals surface area (Å²) in [7, 11) is 1.77. The summed E-state index contributed by atoms with van der Waals surface area (Å²) in [5.41, 5.74) is 3.47. The first-order valence-electron chi connectivity index (χ1n) is 8.97. The summed E-state index contributed by atoms with van der Waals surface area (Å²) in [4.78, 5) is 15.8. The van der Waals surface area contributed by atoms with Crippen molar-refractivity contribution < 1.29 is 4.74 Å². The predicted molar refractivity (Wildman–Crippen MR) is 102 cm³/mol. The minimum Gasteiger partial charge on any atom is -0.380 e. The molecule has 0 aromatic carbocycles. The SMILES string of the molecule is CO[C@H]1C[C@H](c2cn3cc(C4CC4)ccc3n2)N(c2cc(Br)ncn2)C1. The predicted octanol–water partition coefficient (Wildman–Crippen LogP) is 3.73. The van der Waals surface area contributed by atoms with Gasteiger partial charge in [-0.25, -0.2) is 15.0 Å². The van der Waals surface area contributed by atoms with E-state index in [2.05, 4.69) is 59.7 Å². The second-order valence-electron chi connectivity index (χ2n) is 7.13. The van der Waals surface area contributed by atoms with Gasteiger partial charge in [0.25, 0.3) is 0 Å². The molecule has 0 unspecified atom stereocenters. The number of methoxy groups -OCH3 is 1. The van der Waals surface area contributed by atoms with Crippen molar-refractivity contribution in [3.63, 3.8) is 0 Å². The number of ether oxygens (including phenoxy) is 1. The largest absolute Gasteiger partial charge is 0.380 e. The van der Waals surface area contributed by atoms with Crippen molar-refractivity contribution in [3.05, 3.63) is 52.8 Å². The lowest BCUT2D eigenvalue weighted by Crippen LogP contribution is -2.25. The van der Waals surface area contributed by atoms with Crippen molar-refractivity contribution in [1.82, 2.24) is 19.4 Å². The first-order chi connectivity index (χ1) is 12.7. The molecule has 1 aliphatic carbocycles. The van der Waals surface area contributed by atoms with Crippen LogP contribution in [0, 0.1) is 0 Å². The highest BCUT2D eigenvalue weighted by Crippen LogP contribution is 2.40. The van der Waals surface area contributed by atoms with Crippen molar-refractivity contribution in [1.29, 1.82) is 0 Å². The number of nitrogens with zero attached hydrogens (tertiary/aromatic N) is 5. The van der Waals surface area contributed by atoms with Gasteiger partial charge in [0.05, 0.1) is 17.8 Å². The van der Waals surface area contributed by atoms with Crippen molar-refractivity contribution in [3.8, 4) is 0 Å². The molecule has 2 fully saturated rings. The molecule has 5 rings (SSSR count). The van der Waals surface area contributed by atoms with E-state index in [1.165, 1.54) is 18.4 Å². The summed E-state index contributed by atoms with van der Waals surface area (Å²) in [6.45, 7) is 0.797. The third kappa shape index (κ3) is 2.89. The molecule has 134 valence electrons. The van der Waals surface area contributed by atoms with Gasteiger partial charge < -0.3 is 14.0 Å². The van der Waals surface area contributed by atoms with Crippen LogP contribution in [0.1, 0.15) is 42.5 Å². The van der Waals surface area contributed by atoms with Crippen molar-refractivity contribution in [2.24, 2.45) is 0 Å². The number of fused-ring (bicyclic) bond motifs is 1. The number of hydrogen-bond acceptors (Lipinski definition) is 5. The fraction of sp³-hybridized carbons (Fsp3) is 0.421. The molecule has 0 radical (unpaired) electrons. The van der Waals surface area contributed by atoms with E-state index in [-0.39, 0.29) is 12.1 Å².